The third-order valence-corrected chi connectivity index (χ3v) is 2.54. The first-order valence-electron chi connectivity index (χ1n) is 5.08. The van der Waals surface area contributed by atoms with Gasteiger partial charge in [0.1, 0.15) is 11.5 Å². The highest BCUT2D eigenvalue weighted by Crippen LogP contribution is 2.20. The van der Waals surface area contributed by atoms with Gasteiger partial charge in [-0.05, 0) is 12.8 Å². The number of imidazole rings is 1. The maximum atomic E-state index is 10.9. The number of aryl methyl sites for hydroxylation is 1. The van der Waals surface area contributed by atoms with Gasteiger partial charge in [-0.2, -0.15) is 0 Å². The van der Waals surface area contributed by atoms with Crippen molar-refractivity contribution < 1.29 is 9.90 Å². The molecule has 0 saturated heterocycles. The average Bonchev–Trinajstić information content (AvgIpc) is 2.62. The molecule has 84 valence electrons. The highest BCUT2D eigenvalue weighted by Gasteiger charge is 2.14. The standard InChI is InChI=1S/C11H13N3O2/c1-6(2)8-4-12-7(3)14-5-9(11(15)16)13-10(8)14/h4-6H,1-3H3,(H,15,16). The molecule has 0 aliphatic heterocycles. The molecule has 5 heteroatoms. The normalized spacial score (nSPS) is 11.2. The van der Waals surface area contributed by atoms with E-state index in [0.717, 1.165) is 11.4 Å². The van der Waals surface area contributed by atoms with Crippen molar-refractivity contribution in [3.8, 4) is 0 Å². The Balaban J connectivity index is 2.77. The Morgan fingerprint density at radius 1 is 1.50 bits per heavy atom. The number of carboxylic acid groups (broad SMARTS) is 1. The van der Waals surface area contributed by atoms with Gasteiger partial charge in [-0.15, -0.1) is 0 Å². The number of nitrogens with zero attached hydrogens (tertiary/aromatic N) is 3. The van der Waals surface area contributed by atoms with Crippen LogP contribution in [0, 0.1) is 6.92 Å². The van der Waals surface area contributed by atoms with Crippen LogP contribution in [0.5, 0.6) is 0 Å². The number of fused-ring (bicyclic) bond motifs is 1. The van der Waals surface area contributed by atoms with Gasteiger partial charge in [0, 0.05) is 18.0 Å². The number of aromatic carboxylic acids is 1. The molecule has 5 nitrogen and oxygen atoms in total. The molecule has 0 saturated carbocycles. The second kappa shape index (κ2) is 3.59. The van der Waals surface area contributed by atoms with Gasteiger partial charge < -0.3 is 5.11 Å². The maximum Gasteiger partial charge on any atom is 0.356 e. The first-order valence-corrected chi connectivity index (χ1v) is 5.08. The molecule has 0 spiro atoms. The van der Waals surface area contributed by atoms with Crippen LogP contribution >= 0.6 is 0 Å². The molecule has 16 heavy (non-hydrogen) atoms. The molecule has 0 aromatic carbocycles. The van der Waals surface area contributed by atoms with Crippen molar-refractivity contribution in [1.29, 1.82) is 0 Å². The summed E-state index contributed by atoms with van der Waals surface area (Å²) in [5.74, 6) is -0.0168. The van der Waals surface area contributed by atoms with Crippen LogP contribution in [0.2, 0.25) is 0 Å². The lowest BCUT2D eigenvalue weighted by Crippen LogP contribution is -2.00. The van der Waals surface area contributed by atoms with Crippen molar-refractivity contribution >= 4 is 11.6 Å². The average molecular weight is 219 g/mol. The number of aromatic nitrogens is 3. The van der Waals surface area contributed by atoms with E-state index in [4.69, 9.17) is 5.11 Å². The fourth-order valence-corrected chi connectivity index (χ4v) is 1.62. The van der Waals surface area contributed by atoms with Gasteiger partial charge in [-0.1, -0.05) is 13.8 Å². The van der Waals surface area contributed by atoms with Gasteiger partial charge >= 0.3 is 5.97 Å². The Labute approximate surface area is 92.8 Å². The van der Waals surface area contributed by atoms with Gasteiger partial charge in [0.25, 0.3) is 0 Å². The highest BCUT2D eigenvalue weighted by atomic mass is 16.4. The van der Waals surface area contributed by atoms with Crippen molar-refractivity contribution in [3.63, 3.8) is 0 Å². The van der Waals surface area contributed by atoms with Gasteiger partial charge in [0.05, 0.1) is 0 Å². The monoisotopic (exact) mass is 219 g/mol. The number of carbonyl (C=O) groups is 1. The highest BCUT2D eigenvalue weighted by molar-refractivity contribution is 5.86. The summed E-state index contributed by atoms with van der Waals surface area (Å²) in [6.07, 6.45) is 3.26. The molecule has 0 fully saturated rings. The van der Waals surface area contributed by atoms with Crippen molar-refractivity contribution in [1.82, 2.24) is 14.4 Å². The van der Waals surface area contributed by atoms with E-state index in [1.54, 1.807) is 10.6 Å². The number of hydrogen-bond donors (Lipinski definition) is 1. The van der Waals surface area contributed by atoms with Crippen LogP contribution in [0.15, 0.2) is 12.4 Å². The van der Waals surface area contributed by atoms with Crippen molar-refractivity contribution in [2.24, 2.45) is 0 Å². The molecule has 0 unspecified atom stereocenters. The summed E-state index contributed by atoms with van der Waals surface area (Å²) in [6.45, 7) is 5.88. The van der Waals surface area contributed by atoms with E-state index in [1.165, 1.54) is 6.20 Å². The lowest BCUT2D eigenvalue weighted by Gasteiger charge is -2.07. The molecule has 2 aromatic heterocycles. The summed E-state index contributed by atoms with van der Waals surface area (Å²) in [6, 6.07) is 0. The molecule has 2 aromatic rings. The first-order chi connectivity index (χ1) is 7.50. The van der Waals surface area contributed by atoms with Crippen molar-refractivity contribution in [2.75, 3.05) is 0 Å². The molecular weight excluding hydrogens is 206 g/mol. The van der Waals surface area contributed by atoms with E-state index in [-0.39, 0.29) is 11.6 Å². The van der Waals surface area contributed by atoms with E-state index in [0.29, 0.717) is 5.65 Å². The number of carboxylic acids is 1. The third kappa shape index (κ3) is 1.54. The van der Waals surface area contributed by atoms with Crippen LogP contribution < -0.4 is 0 Å². The maximum absolute atomic E-state index is 10.9. The van der Waals surface area contributed by atoms with Crippen LogP contribution in [0.1, 0.15) is 41.6 Å². The van der Waals surface area contributed by atoms with Crippen LogP contribution in [-0.2, 0) is 0 Å². The number of rotatable bonds is 2. The molecule has 2 rings (SSSR count). The Kier molecular flexibility index (Phi) is 2.38. The SMILES string of the molecule is Cc1ncc(C(C)C)c2nc(C(=O)O)cn12. The Morgan fingerprint density at radius 3 is 2.75 bits per heavy atom. The minimum atomic E-state index is -1.02. The minimum absolute atomic E-state index is 0.0537. The van der Waals surface area contributed by atoms with Crippen LogP contribution in [-0.4, -0.2) is 25.4 Å². The van der Waals surface area contributed by atoms with Crippen LogP contribution in [0.4, 0.5) is 0 Å². The summed E-state index contributed by atoms with van der Waals surface area (Å²) in [7, 11) is 0. The second-order valence-corrected chi connectivity index (χ2v) is 4.04. The Bertz CT molecular complexity index is 558. The molecule has 0 amide bonds. The molecular formula is C11H13N3O2. The summed E-state index contributed by atoms with van der Waals surface area (Å²) < 4.78 is 1.72. The zero-order valence-electron chi connectivity index (χ0n) is 9.43. The van der Waals surface area contributed by atoms with Gasteiger partial charge in [-0.25, -0.2) is 14.8 Å². The molecule has 2 heterocycles. The van der Waals surface area contributed by atoms with E-state index >= 15 is 0 Å². The van der Waals surface area contributed by atoms with Crippen LogP contribution in [0.3, 0.4) is 0 Å². The summed E-state index contributed by atoms with van der Waals surface area (Å²) in [5, 5.41) is 8.91. The molecule has 0 aliphatic rings. The second-order valence-electron chi connectivity index (χ2n) is 4.04. The van der Waals surface area contributed by atoms with Gasteiger partial charge in [-0.3, -0.25) is 4.40 Å². The topological polar surface area (TPSA) is 67.5 Å². The quantitative estimate of drug-likeness (QED) is 0.837. The Hall–Kier alpha value is -1.91. The van der Waals surface area contributed by atoms with Gasteiger partial charge in [0.15, 0.2) is 5.69 Å². The third-order valence-electron chi connectivity index (χ3n) is 2.54. The zero-order chi connectivity index (χ0) is 11.9. The van der Waals surface area contributed by atoms with E-state index in [2.05, 4.69) is 9.97 Å². The predicted octanol–water partition coefficient (Wildman–Crippen LogP) is 1.86. The largest absolute Gasteiger partial charge is 0.476 e. The summed E-state index contributed by atoms with van der Waals surface area (Å²) >= 11 is 0. The molecule has 1 N–H and O–H groups in total. The summed E-state index contributed by atoms with van der Waals surface area (Å²) in [4.78, 5) is 19.2. The van der Waals surface area contributed by atoms with E-state index in [9.17, 15) is 4.79 Å². The van der Waals surface area contributed by atoms with Crippen LogP contribution in [0.25, 0.3) is 5.65 Å². The fraction of sp³-hybridized carbons (Fsp3) is 0.364. The zero-order valence-corrected chi connectivity index (χ0v) is 9.43. The fourth-order valence-electron chi connectivity index (χ4n) is 1.62. The Morgan fingerprint density at radius 2 is 2.19 bits per heavy atom. The van der Waals surface area contributed by atoms with E-state index in [1.807, 2.05) is 20.8 Å². The van der Waals surface area contributed by atoms with Crippen molar-refractivity contribution in [2.45, 2.75) is 26.7 Å². The van der Waals surface area contributed by atoms with Gasteiger partial charge in [0.2, 0.25) is 0 Å². The smallest absolute Gasteiger partial charge is 0.356 e. The predicted molar refractivity (Wildman–Crippen MR) is 58.8 cm³/mol. The minimum Gasteiger partial charge on any atom is -0.476 e. The van der Waals surface area contributed by atoms with Crippen molar-refractivity contribution in [3.05, 3.63) is 29.5 Å². The first kappa shape index (κ1) is 10.6. The molecule has 0 radical (unpaired) electrons. The summed E-state index contributed by atoms with van der Waals surface area (Å²) in [5.41, 5.74) is 1.69. The molecule has 0 bridgehead atoms. The number of hydrogen-bond acceptors (Lipinski definition) is 3. The lowest BCUT2D eigenvalue weighted by atomic mass is 10.1. The lowest BCUT2D eigenvalue weighted by molar-refractivity contribution is 0.0691. The molecule has 0 aliphatic carbocycles. The molecule has 0 atom stereocenters. The van der Waals surface area contributed by atoms with E-state index < -0.39 is 5.97 Å².